The lowest BCUT2D eigenvalue weighted by atomic mass is 10.0. The van der Waals surface area contributed by atoms with Gasteiger partial charge in [0.15, 0.2) is 0 Å². The van der Waals surface area contributed by atoms with Crippen LogP contribution < -0.4 is 0 Å². The maximum absolute atomic E-state index is 11.8. The van der Waals surface area contributed by atoms with Crippen LogP contribution in [0, 0.1) is 0 Å². The van der Waals surface area contributed by atoms with Crippen LogP contribution in [0.4, 0.5) is 0 Å². The molecule has 0 bridgehead atoms. The van der Waals surface area contributed by atoms with Gasteiger partial charge in [0.2, 0.25) is 0 Å². The highest BCUT2D eigenvalue weighted by atomic mass is 16.4. The monoisotopic (exact) mass is 262 g/mol. The van der Waals surface area contributed by atoms with Crippen LogP contribution in [-0.2, 0) is 11.2 Å². The number of carbonyl (C=O) groups is 2. The maximum atomic E-state index is 11.8. The molecule has 0 aliphatic rings. The summed E-state index contributed by atoms with van der Waals surface area (Å²) >= 11 is 0. The lowest BCUT2D eigenvalue weighted by Crippen LogP contribution is -2.04. The van der Waals surface area contributed by atoms with Crippen LogP contribution in [0.25, 0.3) is 0 Å². The van der Waals surface area contributed by atoms with Gasteiger partial charge in [-0.15, -0.1) is 0 Å². The van der Waals surface area contributed by atoms with Crippen molar-refractivity contribution < 1.29 is 14.7 Å². The van der Waals surface area contributed by atoms with Gasteiger partial charge in [-0.25, -0.2) is 4.79 Å². The highest BCUT2D eigenvalue weighted by Gasteiger charge is 2.07. The highest BCUT2D eigenvalue weighted by molar-refractivity contribution is 5.88. The van der Waals surface area contributed by atoms with Crippen molar-refractivity contribution in [3.63, 3.8) is 0 Å². The molecule has 0 unspecified atom stereocenters. The molecule has 0 radical (unpaired) electrons. The molecule has 0 fully saturated rings. The summed E-state index contributed by atoms with van der Waals surface area (Å²) in [5.41, 5.74) is 1.03. The number of hydrogen-bond donors (Lipinski definition) is 1. The Balaban J connectivity index is 2.35. The van der Waals surface area contributed by atoms with Crippen LogP contribution in [0.2, 0.25) is 0 Å². The zero-order chi connectivity index (χ0) is 14.1. The first-order chi connectivity index (χ1) is 9.13. The van der Waals surface area contributed by atoms with Gasteiger partial charge in [-0.3, -0.25) is 4.79 Å². The van der Waals surface area contributed by atoms with Crippen molar-refractivity contribution in [1.82, 2.24) is 0 Å². The molecule has 1 rings (SSSR count). The number of hydrogen-bond acceptors (Lipinski definition) is 2. The minimum Gasteiger partial charge on any atom is -0.478 e. The number of carboxylic acids is 1. The van der Waals surface area contributed by atoms with Gasteiger partial charge in [0.05, 0.1) is 5.56 Å². The number of carbonyl (C=O) groups excluding carboxylic acids is 1. The molecule has 3 heteroatoms. The summed E-state index contributed by atoms with van der Waals surface area (Å²) in [7, 11) is 0. The second-order valence-corrected chi connectivity index (χ2v) is 4.89. The Hall–Kier alpha value is -1.64. The van der Waals surface area contributed by atoms with Gasteiger partial charge < -0.3 is 5.11 Å². The second-order valence-electron chi connectivity index (χ2n) is 4.89. The fourth-order valence-corrected chi connectivity index (χ4v) is 2.06. The van der Waals surface area contributed by atoms with Gasteiger partial charge >= 0.3 is 5.97 Å². The molecule has 0 atom stereocenters. The van der Waals surface area contributed by atoms with E-state index in [1.54, 1.807) is 24.3 Å². The van der Waals surface area contributed by atoms with Gasteiger partial charge in [0.1, 0.15) is 5.78 Å². The lowest BCUT2D eigenvalue weighted by Gasteiger charge is -2.03. The van der Waals surface area contributed by atoms with Crippen molar-refractivity contribution in [1.29, 1.82) is 0 Å². The van der Waals surface area contributed by atoms with Gasteiger partial charge in [-0.2, -0.15) is 0 Å². The van der Waals surface area contributed by atoms with E-state index in [2.05, 4.69) is 6.92 Å². The molecular weight excluding hydrogens is 240 g/mol. The summed E-state index contributed by atoms with van der Waals surface area (Å²) in [4.78, 5) is 22.6. The van der Waals surface area contributed by atoms with Gasteiger partial charge in [-0.1, -0.05) is 44.7 Å². The van der Waals surface area contributed by atoms with Crippen LogP contribution in [0.3, 0.4) is 0 Å². The predicted octanol–water partition coefficient (Wildman–Crippen LogP) is 3.86. The first-order valence-electron chi connectivity index (χ1n) is 6.97. The Morgan fingerprint density at radius 3 is 2.53 bits per heavy atom. The molecule has 19 heavy (non-hydrogen) atoms. The van der Waals surface area contributed by atoms with Crippen LogP contribution in [-0.4, -0.2) is 16.9 Å². The Kier molecular flexibility index (Phi) is 6.86. The van der Waals surface area contributed by atoms with E-state index in [-0.39, 0.29) is 11.3 Å². The standard InChI is InChI=1S/C16H22O3/c1-2-3-4-5-6-10-15(17)12-13-8-7-9-14(11-13)16(18)19/h7-9,11H,2-6,10,12H2,1H3,(H,18,19). The predicted molar refractivity (Wildman–Crippen MR) is 75.5 cm³/mol. The van der Waals surface area contributed by atoms with Gasteiger partial charge in [-0.05, 0) is 24.1 Å². The van der Waals surface area contributed by atoms with Crippen molar-refractivity contribution in [2.75, 3.05) is 0 Å². The molecule has 0 amide bonds. The zero-order valence-corrected chi connectivity index (χ0v) is 11.5. The van der Waals surface area contributed by atoms with E-state index in [1.165, 1.54) is 19.3 Å². The maximum Gasteiger partial charge on any atom is 0.335 e. The zero-order valence-electron chi connectivity index (χ0n) is 11.5. The van der Waals surface area contributed by atoms with Crippen LogP contribution in [0.1, 0.15) is 61.4 Å². The number of ketones is 1. The highest BCUT2D eigenvalue weighted by Crippen LogP contribution is 2.10. The first-order valence-corrected chi connectivity index (χ1v) is 6.97. The van der Waals surface area contributed by atoms with Crippen molar-refractivity contribution in [3.05, 3.63) is 35.4 Å². The van der Waals surface area contributed by atoms with Crippen LogP contribution >= 0.6 is 0 Å². The average Bonchev–Trinajstić information content (AvgIpc) is 2.38. The van der Waals surface area contributed by atoms with Crippen molar-refractivity contribution in [2.45, 2.75) is 51.9 Å². The van der Waals surface area contributed by atoms with Crippen molar-refractivity contribution >= 4 is 11.8 Å². The number of unbranched alkanes of at least 4 members (excludes halogenated alkanes) is 4. The number of benzene rings is 1. The third-order valence-electron chi connectivity index (χ3n) is 3.13. The second kappa shape index (κ2) is 8.46. The van der Waals surface area contributed by atoms with E-state index in [4.69, 9.17) is 5.11 Å². The molecule has 0 saturated heterocycles. The molecule has 104 valence electrons. The summed E-state index contributed by atoms with van der Waals surface area (Å²) < 4.78 is 0. The van der Waals surface area contributed by atoms with E-state index in [0.29, 0.717) is 12.8 Å². The lowest BCUT2D eigenvalue weighted by molar-refractivity contribution is -0.118. The molecule has 0 heterocycles. The Labute approximate surface area is 114 Å². The minimum atomic E-state index is -0.950. The Bertz CT molecular complexity index is 424. The Morgan fingerprint density at radius 2 is 1.84 bits per heavy atom. The van der Waals surface area contributed by atoms with Crippen molar-refractivity contribution in [2.24, 2.45) is 0 Å². The van der Waals surface area contributed by atoms with E-state index in [1.807, 2.05) is 0 Å². The quantitative estimate of drug-likeness (QED) is 0.687. The smallest absolute Gasteiger partial charge is 0.335 e. The number of aromatic carboxylic acids is 1. The van der Waals surface area contributed by atoms with E-state index in [9.17, 15) is 9.59 Å². The molecule has 1 aromatic carbocycles. The van der Waals surface area contributed by atoms with Crippen molar-refractivity contribution in [3.8, 4) is 0 Å². The number of rotatable bonds is 9. The van der Waals surface area contributed by atoms with Crippen LogP contribution in [0.15, 0.2) is 24.3 Å². The summed E-state index contributed by atoms with van der Waals surface area (Å²) in [6.07, 6.45) is 6.62. The minimum absolute atomic E-state index is 0.194. The Morgan fingerprint density at radius 1 is 1.11 bits per heavy atom. The van der Waals surface area contributed by atoms with Crippen LogP contribution in [0.5, 0.6) is 0 Å². The largest absolute Gasteiger partial charge is 0.478 e. The average molecular weight is 262 g/mol. The first kappa shape index (κ1) is 15.4. The van der Waals surface area contributed by atoms with E-state index in [0.717, 1.165) is 18.4 Å². The molecule has 0 aliphatic heterocycles. The number of Topliss-reactive ketones (excluding diaryl/α,β-unsaturated/α-hetero) is 1. The topological polar surface area (TPSA) is 54.4 Å². The molecule has 0 spiro atoms. The molecule has 3 nitrogen and oxygen atoms in total. The molecule has 0 aromatic heterocycles. The molecule has 0 aliphatic carbocycles. The fourth-order valence-electron chi connectivity index (χ4n) is 2.06. The molecule has 0 saturated carbocycles. The normalized spacial score (nSPS) is 10.4. The SMILES string of the molecule is CCCCCCCC(=O)Cc1cccc(C(=O)O)c1. The van der Waals surface area contributed by atoms with Gasteiger partial charge in [0, 0.05) is 12.8 Å². The van der Waals surface area contributed by atoms with E-state index < -0.39 is 5.97 Å². The molecular formula is C16H22O3. The molecule has 1 aromatic rings. The molecule has 1 N–H and O–H groups in total. The summed E-state index contributed by atoms with van der Waals surface area (Å²) in [5.74, 6) is -0.757. The summed E-state index contributed by atoms with van der Waals surface area (Å²) in [6, 6.07) is 6.62. The fraction of sp³-hybridized carbons (Fsp3) is 0.500. The van der Waals surface area contributed by atoms with E-state index >= 15 is 0 Å². The third-order valence-corrected chi connectivity index (χ3v) is 3.13. The summed E-state index contributed by atoms with van der Waals surface area (Å²) in [5, 5.41) is 8.88. The number of carboxylic acid groups (broad SMARTS) is 1. The van der Waals surface area contributed by atoms with Gasteiger partial charge in [0.25, 0.3) is 0 Å². The third kappa shape index (κ3) is 6.18. The summed E-state index contributed by atoms with van der Waals surface area (Å²) in [6.45, 7) is 2.17.